The van der Waals surface area contributed by atoms with Gasteiger partial charge in [-0.3, -0.25) is 9.59 Å². The molecule has 0 saturated carbocycles. The standard InChI is InChI=1S/C17H23ClN6O2S/c1-4-23(5-2)14(25)10-22(3)15(26)11-27-17-21-20-16(24(17)19)12-8-6-7-9-13(12)18/h6-9H,4-5,10-11,19H2,1-3H3. The fraction of sp³-hybridized carbons (Fsp3) is 0.412. The predicted octanol–water partition coefficient (Wildman–Crippen LogP) is 1.73. The van der Waals surface area contributed by atoms with Crippen LogP contribution in [-0.4, -0.2) is 68.9 Å². The van der Waals surface area contributed by atoms with E-state index in [1.54, 1.807) is 24.1 Å². The number of rotatable bonds is 8. The number of hydrogen-bond donors (Lipinski definition) is 1. The van der Waals surface area contributed by atoms with Gasteiger partial charge in [0.25, 0.3) is 0 Å². The molecule has 2 aromatic rings. The van der Waals surface area contributed by atoms with E-state index in [0.29, 0.717) is 34.7 Å². The number of aromatic nitrogens is 3. The van der Waals surface area contributed by atoms with E-state index in [4.69, 9.17) is 17.4 Å². The normalized spacial score (nSPS) is 10.7. The van der Waals surface area contributed by atoms with E-state index in [1.807, 2.05) is 26.0 Å². The van der Waals surface area contributed by atoms with Gasteiger partial charge in [0.1, 0.15) is 0 Å². The zero-order chi connectivity index (χ0) is 20.0. The van der Waals surface area contributed by atoms with Crippen molar-refractivity contribution < 1.29 is 9.59 Å². The van der Waals surface area contributed by atoms with Crippen molar-refractivity contribution in [1.82, 2.24) is 24.7 Å². The lowest BCUT2D eigenvalue weighted by Gasteiger charge is -2.23. The van der Waals surface area contributed by atoms with Crippen LogP contribution in [0, 0.1) is 0 Å². The van der Waals surface area contributed by atoms with Gasteiger partial charge in [-0.2, -0.15) is 0 Å². The van der Waals surface area contributed by atoms with Crippen molar-refractivity contribution >= 4 is 35.2 Å². The van der Waals surface area contributed by atoms with Crippen molar-refractivity contribution in [2.24, 2.45) is 0 Å². The van der Waals surface area contributed by atoms with Gasteiger partial charge in [-0.05, 0) is 26.0 Å². The number of nitrogen functional groups attached to an aromatic ring is 1. The summed E-state index contributed by atoms with van der Waals surface area (Å²) in [5, 5.41) is 8.99. The molecule has 2 N–H and O–H groups in total. The van der Waals surface area contributed by atoms with Crippen LogP contribution >= 0.6 is 23.4 Å². The van der Waals surface area contributed by atoms with Gasteiger partial charge < -0.3 is 15.6 Å². The average Bonchev–Trinajstić information content (AvgIpc) is 3.01. The highest BCUT2D eigenvalue weighted by molar-refractivity contribution is 7.99. The number of likely N-dealkylation sites (N-methyl/N-ethyl adjacent to an activating group) is 2. The average molecular weight is 411 g/mol. The topological polar surface area (TPSA) is 97.4 Å². The molecule has 2 rings (SSSR count). The van der Waals surface area contributed by atoms with Crippen LogP contribution in [0.15, 0.2) is 29.4 Å². The molecular formula is C17H23ClN6O2S. The number of carbonyl (C=O) groups is 2. The van der Waals surface area contributed by atoms with Crippen LogP contribution in [0.5, 0.6) is 0 Å². The van der Waals surface area contributed by atoms with Gasteiger partial charge in [0.2, 0.25) is 17.0 Å². The Morgan fingerprint density at radius 1 is 1.19 bits per heavy atom. The Labute approximate surface area is 167 Å². The molecule has 0 aliphatic heterocycles. The second kappa shape index (κ2) is 9.61. The number of hydrogen-bond acceptors (Lipinski definition) is 6. The van der Waals surface area contributed by atoms with Gasteiger partial charge in [0, 0.05) is 25.7 Å². The Morgan fingerprint density at radius 2 is 1.85 bits per heavy atom. The quantitative estimate of drug-likeness (QED) is 0.525. The molecule has 1 aromatic carbocycles. The van der Waals surface area contributed by atoms with Crippen LogP contribution in [0.4, 0.5) is 0 Å². The van der Waals surface area contributed by atoms with Crippen molar-refractivity contribution in [2.45, 2.75) is 19.0 Å². The molecule has 8 nitrogen and oxygen atoms in total. The Morgan fingerprint density at radius 3 is 2.48 bits per heavy atom. The third kappa shape index (κ3) is 5.14. The summed E-state index contributed by atoms with van der Waals surface area (Å²) in [5.41, 5.74) is 0.661. The van der Waals surface area contributed by atoms with E-state index in [1.165, 1.54) is 9.58 Å². The molecule has 0 aliphatic carbocycles. The molecule has 2 amide bonds. The first kappa shape index (κ1) is 21.0. The number of halogens is 1. The molecule has 1 aromatic heterocycles. The first-order valence-electron chi connectivity index (χ1n) is 8.48. The molecule has 0 fully saturated rings. The lowest BCUT2D eigenvalue weighted by Crippen LogP contribution is -2.41. The summed E-state index contributed by atoms with van der Waals surface area (Å²) in [6, 6.07) is 7.17. The first-order valence-corrected chi connectivity index (χ1v) is 9.85. The van der Waals surface area contributed by atoms with Crippen LogP contribution in [0.1, 0.15) is 13.8 Å². The van der Waals surface area contributed by atoms with Crippen molar-refractivity contribution in [3.63, 3.8) is 0 Å². The number of thioether (sulfide) groups is 1. The van der Waals surface area contributed by atoms with Gasteiger partial charge in [-0.1, -0.05) is 35.5 Å². The maximum absolute atomic E-state index is 12.3. The molecule has 0 unspecified atom stereocenters. The minimum Gasteiger partial charge on any atom is -0.342 e. The first-order chi connectivity index (χ1) is 12.9. The highest BCUT2D eigenvalue weighted by atomic mass is 35.5. The summed E-state index contributed by atoms with van der Waals surface area (Å²) in [5.74, 6) is 6.29. The van der Waals surface area contributed by atoms with Crippen LogP contribution in [-0.2, 0) is 9.59 Å². The Balaban J connectivity index is 1.98. The summed E-state index contributed by atoms with van der Waals surface area (Å²) in [6.07, 6.45) is 0. The number of amides is 2. The van der Waals surface area contributed by atoms with Crippen LogP contribution in [0.3, 0.4) is 0 Å². The third-order valence-corrected chi connectivity index (χ3v) is 5.28. The minimum atomic E-state index is -0.192. The van der Waals surface area contributed by atoms with Crippen LogP contribution < -0.4 is 5.84 Å². The number of benzene rings is 1. The Hall–Kier alpha value is -2.26. The molecule has 0 atom stereocenters. The molecule has 0 spiro atoms. The monoisotopic (exact) mass is 410 g/mol. The fourth-order valence-electron chi connectivity index (χ4n) is 2.41. The third-order valence-electron chi connectivity index (χ3n) is 4.02. The van der Waals surface area contributed by atoms with E-state index in [2.05, 4.69) is 10.2 Å². The minimum absolute atomic E-state index is 0.0429. The van der Waals surface area contributed by atoms with Crippen LogP contribution in [0.25, 0.3) is 11.4 Å². The highest BCUT2D eigenvalue weighted by Gasteiger charge is 2.19. The Kier molecular flexibility index (Phi) is 7.49. The second-order valence-corrected chi connectivity index (χ2v) is 7.11. The van der Waals surface area contributed by atoms with E-state index >= 15 is 0 Å². The zero-order valence-corrected chi connectivity index (χ0v) is 17.1. The number of nitrogens with two attached hydrogens (primary N) is 1. The highest BCUT2D eigenvalue weighted by Crippen LogP contribution is 2.27. The van der Waals surface area contributed by atoms with Crippen molar-refractivity contribution in [3.05, 3.63) is 29.3 Å². The van der Waals surface area contributed by atoms with Crippen LogP contribution in [0.2, 0.25) is 5.02 Å². The molecule has 0 aliphatic rings. The molecule has 27 heavy (non-hydrogen) atoms. The zero-order valence-electron chi connectivity index (χ0n) is 15.6. The molecule has 1 heterocycles. The summed E-state index contributed by atoms with van der Waals surface area (Å²) >= 11 is 7.32. The fourth-order valence-corrected chi connectivity index (χ4v) is 3.42. The van der Waals surface area contributed by atoms with E-state index in [0.717, 1.165) is 11.8 Å². The molecule has 0 bridgehead atoms. The second-order valence-electron chi connectivity index (χ2n) is 5.76. The summed E-state index contributed by atoms with van der Waals surface area (Å²) in [7, 11) is 1.60. The molecule has 0 saturated heterocycles. The SMILES string of the molecule is CCN(CC)C(=O)CN(C)C(=O)CSc1nnc(-c2ccccc2Cl)n1N. The smallest absolute Gasteiger partial charge is 0.242 e. The molecule has 0 radical (unpaired) electrons. The maximum atomic E-state index is 12.3. The lowest BCUT2D eigenvalue weighted by molar-refractivity contribution is -0.137. The lowest BCUT2D eigenvalue weighted by atomic mass is 10.2. The molecular weight excluding hydrogens is 388 g/mol. The number of nitrogens with zero attached hydrogens (tertiary/aromatic N) is 5. The van der Waals surface area contributed by atoms with Crippen molar-refractivity contribution in [2.75, 3.05) is 38.3 Å². The van der Waals surface area contributed by atoms with E-state index in [-0.39, 0.29) is 24.1 Å². The van der Waals surface area contributed by atoms with E-state index < -0.39 is 0 Å². The van der Waals surface area contributed by atoms with Gasteiger partial charge in [0.05, 0.1) is 17.3 Å². The summed E-state index contributed by atoms with van der Waals surface area (Å²) in [6.45, 7) is 5.09. The number of carbonyl (C=O) groups excluding carboxylic acids is 2. The van der Waals surface area contributed by atoms with Crippen molar-refractivity contribution in [3.8, 4) is 11.4 Å². The molecule has 146 valence electrons. The summed E-state index contributed by atoms with van der Waals surface area (Å²) in [4.78, 5) is 27.5. The van der Waals surface area contributed by atoms with Gasteiger partial charge in [0.15, 0.2) is 5.82 Å². The Bertz CT molecular complexity index is 808. The maximum Gasteiger partial charge on any atom is 0.242 e. The molecule has 10 heteroatoms. The largest absolute Gasteiger partial charge is 0.342 e. The van der Waals surface area contributed by atoms with Gasteiger partial charge in [-0.15, -0.1) is 10.2 Å². The van der Waals surface area contributed by atoms with Gasteiger partial charge >= 0.3 is 0 Å². The predicted molar refractivity (Wildman–Crippen MR) is 107 cm³/mol. The van der Waals surface area contributed by atoms with E-state index in [9.17, 15) is 9.59 Å². The summed E-state index contributed by atoms with van der Waals surface area (Å²) < 4.78 is 1.31. The van der Waals surface area contributed by atoms with Gasteiger partial charge in [-0.25, -0.2) is 4.68 Å². The van der Waals surface area contributed by atoms with Crippen molar-refractivity contribution in [1.29, 1.82) is 0 Å².